The second-order valence-electron chi connectivity index (χ2n) is 4.69. The summed E-state index contributed by atoms with van der Waals surface area (Å²) in [7, 11) is 0. The number of nitrogens with one attached hydrogen (secondary N) is 1. The molecule has 1 aromatic heterocycles. The number of aromatic nitrogens is 1. The molecule has 1 heterocycles. The summed E-state index contributed by atoms with van der Waals surface area (Å²) in [5.41, 5.74) is 1.35. The lowest BCUT2D eigenvalue weighted by atomic mass is 10.2. The monoisotopic (exact) mass is 294 g/mol. The van der Waals surface area contributed by atoms with Crippen molar-refractivity contribution in [1.29, 1.82) is 0 Å². The minimum Gasteiger partial charge on any atom is -0.504 e. The van der Waals surface area contributed by atoms with Crippen molar-refractivity contribution in [1.82, 2.24) is 4.98 Å². The number of nitrogens with zero attached hydrogens (tertiary/aromatic N) is 1. The molecule has 0 spiro atoms. The molecule has 3 rings (SSSR count). The van der Waals surface area contributed by atoms with Gasteiger partial charge in [-0.15, -0.1) is 0 Å². The molecule has 0 fully saturated rings. The number of phenolic OH excluding ortho intramolecular Hbond substituents is 1. The highest BCUT2D eigenvalue weighted by Gasteiger charge is 2.08. The molecule has 5 heteroatoms. The van der Waals surface area contributed by atoms with E-state index in [1.54, 1.807) is 30.5 Å². The van der Waals surface area contributed by atoms with Gasteiger partial charge in [0.15, 0.2) is 18.1 Å². The number of pyridine rings is 1. The zero-order chi connectivity index (χ0) is 15.4. The van der Waals surface area contributed by atoms with Crippen molar-refractivity contribution in [3.8, 4) is 11.5 Å². The smallest absolute Gasteiger partial charge is 0.262 e. The highest BCUT2D eigenvalue weighted by atomic mass is 16.5. The molecule has 0 aliphatic rings. The molecule has 3 aromatic rings. The van der Waals surface area contributed by atoms with Crippen molar-refractivity contribution >= 4 is 22.5 Å². The molecule has 2 N–H and O–H groups in total. The van der Waals surface area contributed by atoms with E-state index in [-0.39, 0.29) is 24.0 Å². The number of carbonyl (C=O) groups excluding carboxylic acids is 1. The lowest BCUT2D eigenvalue weighted by Crippen LogP contribution is -2.20. The summed E-state index contributed by atoms with van der Waals surface area (Å²) in [6.45, 7) is -0.194. The van der Waals surface area contributed by atoms with Gasteiger partial charge < -0.3 is 15.2 Å². The molecule has 0 atom stereocenters. The molecule has 2 aromatic carbocycles. The van der Waals surface area contributed by atoms with Crippen LogP contribution in [0.5, 0.6) is 11.5 Å². The third-order valence-electron chi connectivity index (χ3n) is 3.13. The van der Waals surface area contributed by atoms with Gasteiger partial charge in [-0.25, -0.2) is 0 Å². The van der Waals surface area contributed by atoms with E-state index in [1.807, 2.05) is 24.3 Å². The maximum Gasteiger partial charge on any atom is 0.262 e. The van der Waals surface area contributed by atoms with Crippen LogP contribution in [0.3, 0.4) is 0 Å². The molecular formula is C17H14N2O3. The third kappa shape index (κ3) is 2.98. The van der Waals surface area contributed by atoms with Crippen LogP contribution in [0.1, 0.15) is 0 Å². The molecule has 0 saturated heterocycles. The van der Waals surface area contributed by atoms with Crippen LogP contribution < -0.4 is 10.1 Å². The van der Waals surface area contributed by atoms with Gasteiger partial charge in [0.25, 0.3) is 5.91 Å². The van der Waals surface area contributed by atoms with Crippen LogP contribution in [0.15, 0.2) is 60.8 Å². The predicted molar refractivity (Wildman–Crippen MR) is 84.0 cm³/mol. The first-order valence-corrected chi connectivity index (χ1v) is 6.78. The van der Waals surface area contributed by atoms with E-state index in [9.17, 15) is 9.90 Å². The Morgan fingerprint density at radius 3 is 2.77 bits per heavy atom. The number of hydrogen-bond acceptors (Lipinski definition) is 4. The van der Waals surface area contributed by atoms with Crippen LogP contribution in [0.25, 0.3) is 10.9 Å². The lowest BCUT2D eigenvalue weighted by Gasteiger charge is -2.10. The minimum absolute atomic E-state index is 0.00197. The first kappa shape index (κ1) is 13.9. The Bertz CT molecular complexity index is 812. The van der Waals surface area contributed by atoms with Crippen LogP contribution in [0, 0.1) is 0 Å². The Morgan fingerprint density at radius 2 is 1.91 bits per heavy atom. The van der Waals surface area contributed by atoms with Gasteiger partial charge in [0.05, 0.1) is 11.2 Å². The number of rotatable bonds is 4. The van der Waals surface area contributed by atoms with Gasteiger partial charge in [-0.2, -0.15) is 0 Å². The quantitative estimate of drug-likeness (QED) is 0.776. The molecular weight excluding hydrogens is 280 g/mol. The maximum atomic E-state index is 12.0. The number of fused-ring (bicyclic) bond motifs is 1. The van der Waals surface area contributed by atoms with Crippen LogP contribution in [-0.4, -0.2) is 22.6 Å². The number of benzene rings is 2. The third-order valence-corrected chi connectivity index (χ3v) is 3.13. The molecule has 5 nitrogen and oxygen atoms in total. The molecule has 0 aliphatic heterocycles. The summed E-state index contributed by atoms with van der Waals surface area (Å²) in [4.78, 5) is 16.3. The number of ether oxygens (including phenoxy) is 1. The number of anilines is 1. The van der Waals surface area contributed by atoms with E-state index >= 15 is 0 Å². The zero-order valence-electron chi connectivity index (χ0n) is 11.7. The average molecular weight is 294 g/mol. The number of carbonyl (C=O) groups is 1. The number of hydrogen-bond donors (Lipinski definition) is 2. The molecule has 0 bridgehead atoms. The molecule has 0 unspecified atom stereocenters. The van der Waals surface area contributed by atoms with Gasteiger partial charge in [0.2, 0.25) is 0 Å². The molecule has 22 heavy (non-hydrogen) atoms. The molecule has 0 saturated carbocycles. The van der Waals surface area contributed by atoms with Crippen LogP contribution >= 0.6 is 0 Å². The van der Waals surface area contributed by atoms with E-state index in [1.165, 1.54) is 6.07 Å². The van der Waals surface area contributed by atoms with Crippen molar-refractivity contribution in [2.24, 2.45) is 0 Å². The fourth-order valence-electron chi connectivity index (χ4n) is 2.11. The Labute approximate surface area is 127 Å². The average Bonchev–Trinajstić information content (AvgIpc) is 2.54. The lowest BCUT2D eigenvalue weighted by molar-refractivity contribution is -0.118. The van der Waals surface area contributed by atoms with Crippen molar-refractivity contribution in [2.45, 2.75) is 0 Å². The normalized spacial score (nSPS) is 10.4. The Kier molecular flexibility index (Phi) is 3.87. The molecule has 1 amide bonds. The summed E-state index contributed by atoms with van der Waals surface area (Å²) in [6.07, 6.45) is 1.68. The summed E-state index contributed by atoms with van der Waals surface area (Å²) in [5, 5.41) is 13.3. The minimum atomic E-state index is -0.318. The van der Waals surface area contributed by atoms with Crippen LogP contribution in [0.2, 0.25) is 0 Å². The highest BCUT2D eigenvalue weighted by Crippen LogP contribution is 2.24. The number of amides is 1. The van der Waals surface area contributed by atoms with Crippen molar-refractivity contribution in [3.05, 3.63) is 60.8 Å². The summed E-state index contributed by atoms with van der Waals surface area (Å²) < 4.78 is 5.30. The van der Waals surface area contributed by atoms with Gasteiger partial charge >= 0.3 is 0 Å². The van der Waals surface area contributed by atoms with Gasteiger partial charge in [-0.3, -0.25) is 9.78 Å². The van der Waals surface area contributed by atoms with Gasteiger partial charge in [-0.05, 0) is 24.3 Å². The van der Waals surface area contributed by atoms with Crippen LogP contribution in [-0.2, 0) is 4.79 Å². The van der Waals surface area contributed by atoms with Crippen molar-refractivity contribution in [3.63, 3.8) is 0 Å². The molecule has 0 aliphatic carbocycles. The summed E-state index contributed by atoms with van der Waals surface area (Å²) in [5.74, 6) is -0.0442. The van der Waals surface area contributed by atoms with Gasteiger partial charge in [0, 0.05) is 11.6 Å². The van der Waals surface area contributed by atoms with Crippen molar-refractivity contribution in [2.75, 3.05) is 11.9 Å². The fourth-order valence-corrected chi connectivity index (χ4v) is 2.11. The first-order valence-electron chi connectivity index (χ1n) is 6.78. The molecule has 0 radical (unpaired) electrons. The Hall–Kier alpha value is -3.08. The van der Waals surface area contributed by atoms with E-state index in [4.69, 9.17) is 4.74 Å². The Morgan fingerprint density at radius 1 is 1.09 bits per heavy atom. The Balaban J connectivity index is 1.70. The number of aromatic hydroxyl groups is 1. The predicted octanol–water partition coefficient (Wildman–Crippen LogP) is 2.96. The number of phenols is 1. The SMILES string of the molecule is O=C(COc1ccccc1O)Nc1cccc2cccnc12. The topological polar surface area (TPSA) is 71.5 Å². The van der Waals surface area contributed by atoms with E-state index in [0.717, 1.165) is 10.9 Å². The summed E-state index contributed by atoms with van der Waals surface area (Å²) in [6, 6.07) is 15.8. The maximum absolute atomic E-state index is 12.0. The second-order valence-corrected chi connectivity index (χ2v) is 4.69. The fraction of sp³-hybridized carbons (Fsp3) is 0.0588. The van der Waals surface area contributed by atoms with Gasteiger partial charge in [-0.1, -0.05) is 30.3 Å². The van der Waals surface area contributed by atoms with E-state index < -0.39 is 0 Å². The second kappa shape index (κ2) is 6.13. The highest BCUT2D eigenvalue weighted by molar-refractivity contribution is 6.00. The number of para-hydroxylation sites is 3. The largest absolute Gasteiger partial charge is 0.504 e. The zero-order valence-corrected chi connectivity index (χ0v) is 11.7. The standard InChI is InChI=1S/C17H14N2O3/c20-14-8-1-2-9-15(14)22-11-16(21)19-13-7-3-5-12-6-4-10-18-17(12)13/h1-10,20H,11H2,(H,19,21). The van der Waals surface area contributed by atoms with Crippen molar-refractivity contribution < 1.29 is 14.6 Å². The van der Waals surface area contributed by atoms with Crippen LogP contribution in [0.4, 0.5) is 5.69 Å². The van der Waals surface area contributed by atoms with E-state index in [0.29, 0.717) is 5.69 Å². The van der Waals surface area contributed by atoms with Gasteiger partial charge in [0.1, 0.15) is 0 Å². The first-order chi connectivity index (χ1) is 10.7. The van der Waals surface area contributed by atoms with E-state index in [2.05, 4.69) is 10.3 Å². The molecule has 110 valence electrons. The summed E-state index contributed by atoms with van der Waals surface area (Å²) >= 11 is 0.